The molecule has 2 atom stereocenters. The summed E-state index contributed by atoms with van der Waals surface area (Å²) in [4.78, 5) is 10.9. The second kappa shape index (κ2) is 6.44. The van der Waals surface area contributed by atoms with Gasteiger partial charge in [-0.2, -0.15) is 0 Å². The van der Waals surface area contributed by atoms with Crippen LogP contribution >= 0.6 is 0 Å². The molecule has 0 saturated heterocycles. The molecule has 0 bridgehead atoms. The van der Waals surface area contributed by atoms with Gasteiger partial charge in [0.1, 0.15) is 12.4 Å². The number of benzene rings is 1. The van der Waals surface area contributed by atoms with Gasteiger partial charge in [0.2, 0.25) is 0 Å². The SMILES string of the molecule is CC(C)[C@H](C)[C@H](C=O)OCc1ccccc1. The maximum atomic E-state index is 10.9. The van der Waals surface area contributed by atoms with Crippen molar-refractivity contribution in [2.45, 2.75) is 33.5 Å². The maximum absolute atomic E-state index is 10.9. The number of rotatable bonds is 6. The monoisotopic (exact) mass is 220 g/mol. The zero-order valence-electron chi connectivity index (χ0n) is 10.2. The van der Waals surface area contributed by atoms with Gasteiger partial charge in [0.05, 0.1) is 6.61 Å². The summed E-state index contributed by atoms with van der Waals surface area (Å²) in [7, 11) is 0. The van der Waals surface area contributed by atoms with Crippen LogP contribution in [0.3, 0.4) is 0 Å². The highest BCUT2D eigenvalue weighted by Crippen LogP contribution is 2.17. The summed E-state index contributed by atoms with van der Waals surface area (Å²) in [5.74, 6) is 0.701. The van der Waals surface area contributed by atoms with Crippen LogP contribution in [0.15, 0.2) is 30.3 Å². The van der Waals surface area contributed by atoms with Gasteiger partial charge < -0.3 is 9.53 Å². The second-order valence-electron chi connectivity index (χ2n) is 4.50. The summed E-state index contributed by atoms with van der Waals surface area (Å²) in [5, 5.41) is 0. The van der Waals surface area contributed by atoms with Crippen LogP contribution in [0, 0.1) is 11.8 Å². The van der Waals surface area contributed by atoms with E-state index in [2.05, 4.69) is 20.8 Å². The molecule has 1 rings (SSSR count). The molecule has 0 radical (unpaired) electrons. The van der Waals surface area contributed by atoms with E-state index in [0.717, 1.165) is 11.8 Å². The minimum Gasteiger partial charge on any atom is -0.366 e. The number of hydrogen-bond donors (Lipinski definition) is 0. The van der Waals surface area contributed by atoms with Gasteiger partial charge in [0.15, 0.2) is 0 Å². The average molecular weight is 220 g/mol. The Morgan fingerprint density at radius 3 is 2.31 bits per heavy atom. The molecule has 0 aliphatic heterocycles. The first kappa shape index (κ1) is 12.9. The van der Waals surface area contributed by atoms with E-state index < -0.39 is 0 Å². The standard InChI is InChI=1S/C14H20O2/c1-11(2)12(3)14(9-15)16-10-13-7-5-4-6-8-13/h4-9,11-12,14H,10H2,1-3H3/t12-,14-/m0/s1. The second-order valence-corrected chi connectivity index (χ2v) is 4.50. The summed E-state index contributed by atoms with van der Waals surface area (Å²) < 4.78 is 5.63. The van der Waals surface area contributed by atoms with Crippen molar-refractivity contribution < 1.29 is 9.53 Å². The van der Waals surface area contributed by atoms with Gasteiger partial charge in [0.25, 0.3) is 0 Å². The highest BCUT2D eigenvalue weighted by atomic mass is 16.5. The van der Waals surface area contributed by atoms with E-state index in [1.807, 2.05) is 30.3 Å². The van der Waals surface area contributed by atoms with Gasteiger partial charge in [-0.05, 0) is 17.4 Å². The molecule has 0 saturated carbocycles. The van der Waals surface area contributed by atoms with Gasteiger partial charge >= 0.3 is 0 Å². The Morgan fingerprint density at radius 2 is 1.81 bits per heavy atom. The lowest BCUT2D eigenvalue weighted by Gasteiger charge is -2.22. The van der Waals surface area contributed by atoms with E-state index in [0.29, 0.717) is 12.5 Å². The predicted molar refractivity (Wildman–Crippen MR) is 65.1 cm³/mol. The van der Waals surface area contributed by atoms with Gasteiger partial charge in [-0.15, -0.1) is 0 Å². The van der Waals surface area contributed by atoms with Crippen molar-refractivity contribution in [3.8, 4) is 0 Å². The van der Waals surface area contributed by atoms with Crippen LogP contribution in [0.5, 0.6) is 0 Å². The molecule has 1 aromatic rings. The Kier molecular flexibility index (Phi) is 5.20. The molecular weight excluding hydrogens is 200 g/mol. The lowest BCUT2D eigenvalue weighted by atomic mass is 9.93. The normalized spacial score (nSPS) is 14.8. The molecule has 0 N–H and O–H groups in total. The number of carbonyl (C=O) groups excluding carboxylic acids is 1. The molecule has 16 heavy (non-hydrogen) atoms. The fraction of sp³-hybridized carbons (Fsp3) is 0.500. The minimum absolute atomic E-state index is 0.251. The Balaban J connectivity index is 2.49. The Hall–Kier alpha value is -1.15. The molecule has 0 aliphatic carbocycles. The zero-order valence-corrected chi connectivity index (χ0v) is 10.2. The summed E-state index contributed by atoms with van der Waals surface area (Å²) in [6.07, 6.45) is 0.605. The van der Waals surface area contributed by atoms with Crippen LogP contribution in [0.25, 0.3) is 0 Å². The largest absolute Gasteiger partial charge is 0.366 e. The molecule has 0 aliphatic rings. The van der Waals surface area contributed by atoms with Crippen molar-refractivity contribution in [3.05, 3.63) is 35.9 Å². The summed E-state index contributed by atoms with van der Waals surface area (Å²) in [6, 6.07) is 9.92. The molecule has 0 heterocycles. The molecule has 2 heteroatoms. The topological polar surface area (TPSA) is 26.3 Å². The quantitative estimate of drug-likeness (QED) is 0.689. The highest BCUT2D eigenvalue weighted by Gasteiger charge is 2.20. The summed E-state index contributed by atoms with van der Waals surface area (Å²) in [5.41, 5.74) is 1.10. The van der Waals surface area contributed by atoms with Crippen LogP contribution in [0.1, 0.15) is 26.3 Å². The van der Waals surface area contributed by atoms with E-state index in [4.69, 9.17) is 4.74 Å². The summed E-state index contributed by atoms with van der Waals surface area (Å²) in [6.45, 7) is 6.76. The molecular formula is C14H20O2. The van der Waals surface area contributed by atoms with E-state index in [-0.39, 0.29) is 12.0 Å². The van der Waals surface area contributed by atoms with Crippen LogP contribution in [-0.2, 0) is 16.1 Å². The average Bonchev–Trinajstić information content (AvgIpc) is 2.30. The zero-order chi connectivity index (χ0) is 12.0. The number of carbonyl (C=O) groups is 1. The van der Waals surface area contributed by atoms with Gasteiger partial charge in [-0.25, -0.2) is 0 Å². The van der Waals surface area contributed by atoms with Crippen molar-refractivity contribution >= 4 is 6.29 Å². The molecule has 0 fully saturated rings. The first-order valence-corrected chi connectivity index (χ1v) is 5.76. The smallest absolute Gasteiger partial charge is 0.149 e. The lowest BCUT2D eigenvalue weighted by Crippen LogP contribution is -2.27. The van der Waals surface area contributed by atoms with Gasteiger partial charge in [0, 0.05) is 0 Å². The van der Waals surface area contributed by atoms with E-state index in [1.54, 1.807) is 0 Å². The Bertz CT molecular complexity index is 306. The molecule has 0 aromatic heterocycles. The number of ether oxygens (including phenoxy) is 1. The molecule has 0 spiro atoms. The van der Waals surface area contributed by atoms with Gasteiger partial charge in [-0.3, -0.25) is 0 Å². The van der Waals surface area contributed by atoms with Crippen molar-refractivity contribution in [2.24, 2.45) is 11.8 Å². The van der Waals surface area contributed by atoms with Crippen LogP contribution < -0.4 is 0 Å². The third kappa shape index (κ3) is 3.78. The predicted octanol–water partition coefficient (Wildman–Crippen LogP) is 3.06. The molecule has 1 aromatic carbocycles. The van der Waals surface area contributed by atoms with Crippen LogP contribution in [0.2, 0.25) is 0 Å². The van der Waals surface area contributed by atoms with Crippen molar-refractivity contribution in [2.75, 3.05) is 0 Å². The fourth-order valence-electron chi connectivity index (χ4n) is 1.46. The van der Waals surface area contributed by atoms with Gasteiger partial charge in [-0.1, -0.05) is 51.1 Å². The molecule has 88 valence electrons. The maximum Gasteiger partial charge on any atom is 0.149 e. The fourth-order valence-corrected chi connectivity index (χ4v) is 1.46. The first-order valence-electron chi connectivity index (χ1n) is 5.76. The number of hydrogen-bond acceptors (Lipinski definition) is 2. The van der Waals surface area contributed by atoms with Crippen LogP contribution in [0.4, 0.5) is 0 Å². The Morgan fingerprint density at radius 1 is 1.19 bits per heavy atom. The molecule has 2 nitrogen and oxygen atoms in total. The van der Waals surface area contributed by atoms with Crippen LogP contribution in [-0.4, -0.2) is 12.4 Å². The Labute approximate surface area is 97.6 Å². The first-order chi connectivity index (χ1) is 7.65. The van der Waals surface area contributed by atoms with Crippen molar-refractivity contribution in [3.63, 3.8) is 0 Å². The van der Waals surface area contributed by atoms with E-state index in [9.17, 15) is 4.79 Å². The highest BCUT2D eigenvalue weighted by molar-refractivity contribution is 5.56. The molecule has 0 unspecified atom stereocenters. The van der Waals surface area contributed by atoms with Crippen molar-refractivity contribution in [1.29, 1.82) is 0 Å². The third-order valence-corrected chi connectivity index (χ3v) is 2.99. The van der Waals surface area contributed by atoms with E-state index in [1.165, 1.54) is 0 Å². The lowest BCUT2D eigenvalue weighted by molar-refractivity contribution is -0.123. The minimum atomic E-state index is -0.305. The van der Waals surface area contributed by atoms with E-state index >= 15 is 0 Å². The van der Waals surface area contributed by atoms with Crippen molar-refractivity contribution in [1.82, 2.24) is 0 Å². The number of aldehydes is 1. The summed E-state index contributed by atoms with van der Waals surface area (Å²) >= 11 is 0. The third-order valence-electron chi connectivity index (χ3n) is 2.99. The molecule has 0 amide bonds.